The zero-order valence-electron chi connectivity index (χ0n) is 12.0. The first-order valence-corrected chi connectivity index (χ1v) is 8.18. The van der Waals surface area contributed by atoms with Gasteiger partial charge in [-0.05, 0) is 56.9 Å². The lowest BCUT2D eigenvalue weighted by molar-refractivity contribution is -0.139. The normalized spacial score (nSPS) is 15.7. The molecule has 1 aromatic carbocycles. The van der Waals surface area contributed by atoms with Crippen LogP contribution < -0.4 is 9.46 Å². The molecule has 0 radical (unpaired) electrons. The molecule has 2 N–H and O–H groups in total. The van der Waals surface area contributed by atoms with Crippen LogP contribution in [-0.2, 0) is 14.8 Å². The molecular formula is C14H19NO5S. The molecule has 0 unspecified atom stereocenters. The Morgan fingerprint density at radius 1 is 1.33 bits per heavy atom. The lowest BCUT2D eigenvalue weighted by Gasteiger charge is -2.25. The summed E-state index contributed by atoms with van der Waals surface area (Å²) >= 11 is 0. The number of hydrogen-bond donors (Lipinski definition) is 2. The number of carbonyl (C=O) groups is 1. The van der Waals surface area contributed by atoms with Gasteiger partial charge in [0.25, 0.3) is 0 Å². The number of nitrogens with one attached hydrogen (secondary N) is 1. The van der Waals surface area contributed by atoms with E-state index in [4.69, 9.17) is 9.84 Å². The highest BCUT2D eigenvalue weighted by Crippen LogP contribution is 2.39. The molecule has 21 heavy (non-hydrogen) atoms. The SMILES string of the molecule is CC(C)(NS(=O)(=O)c1ccc(OCC(=O)O)cc1)C1CC1. The third-order valence-electron chi connectivity index (χ3n) is 3.49. The van der Waals surface area contributed by atoms with Crippen molar-refractivity contribution in [1.29, 1.82) is 0 Å². The van der Waals surface area contributed by atoms with E-state index in [0.717, 1.165) is 12.8 Å². The summed E-state index contributed by atoms with van der Waals surface area (Å²) in [7, 11) is -3.59. The molecule has 1 aliphatic carbocycles. The molecule has 2 rings (SSSR count). The lowest BCUT2D eigenvalue weighted by atomic mass is 10.0. The van der Waals surface area contributed by atoms with Crippen molar-refractivity contribution in [3.05, 3.63) is 24.3 Å². The van der Waals surface area contributed by atoms with Gasteiger partial charge in [-0.1, -0.05) is 0 Å². The van der Waals surface area contributed by atoms with Gasteiger partial charge in [0, 0.05) is 5.54 Å². The third-order valence-corrected chi connectivity index (χ3v) is 5.18. The summed E-state index contributed by atoms with van der Waals surface area (Å²) in [5.41, 5.74) is -0.461. The molecule has 6 nitrogen and oxygen atoms in total. The van der Waals surface area contributed by atoms with E-state index in [0.29, 0.717) is 11.7 Å². The number of carboxylic acid groups (broad SMARTS) is 1. The highest BCUT2D eigenvalue weighted by Gasteiger charge is 2.40. The first kappa shape index (κ1) is 15.8. The van der Waals surface area contributed by atoms with Gasteiger partial charge in [-0.2, -0.15) is 0 Å². The Labute approximate surface area is 124 Å². The summed E-state index contributed by atoms with van der Waals surface area (Å²) in [4.78, 5) is 10.5. The maximum atomic E-state index is 12.3. The molecule has 0 atom stereocenters. The van der Waals surface area contributed by atoms with Crippen molar-refractivity contribution in [2.24, 2.45) is 5.92 Å². The Balaban J connectivity index is 2.08. The molecule has 1 aromatic rings. The first-order valence-electron chi connectivity index (χ1n) is 6.69. The summed E-state index contributed by atoms with van der Waals surface area (Å²) in [6, 6.07) is 5.70. The molecule has 0 saturated heterocycles. The van der Waals surface area contributed by atoms with Crippen molar-refractivity contribution >= 4 is 16.0 Å². The topological polar surface area (TPSA) is 92.7 Å². The van der Waals surface area contributed by atoms with Crippen LogP contribution >= 0.6 is 0 Å². The Morgan fingerprint density at radius 2 is 1.90 bits per heavy atom. The van der Waals surface area contributed by atoms with Crippen LogP contribution in [0.4, 0.5) is 0 Å². The fourth-order valence-corrected chi connectivity index (χ4v) is 3.63. The molecule has 0 heterocycles. The fourth-order valence-electron chi connectivity index (χ4n) is 2.15. The van der Waals surface area contributed by atoms with Crippen LogP contribution in [0.2, 0.25) is 0 Å². The second-order valence-corrected chi connectivity index (χ2v) is 7.44. The van der Waals surface area contributed by atoms with Gasteiger partial charge in [-0.25, -0.2) is 17.9 Å². The molecule has 1 saturated carbocycles. The van der Waals surface area contributed by atoms with Gasteiger partial charge in [0.1, 0.15) is 5.75 Å². The Morgan fingerprint density at radius 3 is 2.38 bits per heavy atom. The van der Waals surface area contributed by atoms with Gasteiger partial charge in [0.2, 0.25) is 10.0 Å². The van der Waals surface area contributed by atoms with Crippen molar-refractivity contribution < 1.29 is 23.1 Å². The largest absolute Gasteiger partial charge is 0.482 e. The minimum atomic E-state index is -3.59. The van der Waals surface area contributed by atoms with Crippen LogP contribution in [0.1, 0.15) is 26.7 Å². The Kier molecular flexibility index (Phi) is 4.25. The number of hydrogen-bond acceptors (Lipinski definition) is 4. The summed E-state index contributed by atoms with van der Waals surface area (Å²) < 4.78 is 32.3. The van der Waals surface area contributed by atoms with Crippen LogP contribution in [0.15, 0.2) is 29.2 Å². The van der Waals surface area contributed by atoms with E-state index in [-0.39, 0.29) is 4.90 Å². The minimum absolute atomic E-state index is 0.138. The van der Waals surface area contributed by atoms with Crippen LogP contribution in [-0.4, -0.2) is 31.6 Å². The van der Waals surface area contributed by atoms with E-state index in [1.54, 1.807) is 0 Å². The van der Waals surface area contributed by atoms with Gasteiger partial charge >= 0.3 is 5.97 Å². The van der Waals surface area contributed by atoms with Crippen molar-refractivity contribution in [1.82, 2.24) is 4.72 Å². The van der Waals surface area contributed by atoms with Crippen LogP contribution in [0.3, 0.4) is 0 Å². The molecule has 116 valence electrons. The Bertz CT molecular complexity index is 617. The highest BCUT2D eigenvalue weighted by molar-refractivity contribution is 7.89. The van der Waals surface area contributed by atoms with Crippen LogP contribution in [0.25, 0.3) is 0 Å². The van der Waals surface area contributed by atoms with E-state index in [1.165, 1.54) is 24.3 Å². The fraction of sp³-hybridized carbons (Fsp3) is 0.500. The predicted molar refractivity (Wildman–Crippen MR) is 76.7 cm³/mol. The maximum absolute atomic E-state index is 12.3. The van der Waals surface area contributed by atoms with E-state index in [1.807, 2.05) is 13.8 Å². The molecular weight excluding hydrogens is 294 g/mol. The Hall–Kier alpha value is -1.60. The number of sulfonamides is 1. The molecule has 0 aliphatic heterocycles. The summed E-state index contributed by atoms with van der Waals surface area (Å²) in [5.74, 6) is -0.386. The summed E-state index contributed by atoms with van der Waals surface area (Å²) in [6.45, 7) is 3.30. The smallest absolute Gasteiger partial charge is 0.341 e. The number of aliphatic carboxylic acids is 1. The van der Waals surface area contributed by atoms with Crippen LogP contribution in [0, 0.1) is 5.92 Å². The standard InChI is InChI=1S/C14H19NO5S/c1-14(2,10-3-4-10)15-21(18,19)12-7-5-11(6-8-12)20-9-13(16)17/h5-8,10,15H,3-4,9H2,1-2H3,(H,16,17). The highest BCUT2D eigenvalue weighted by atomic mass is 32.2. The zero-order chi connectivity index (χ0) is 15.7. The van der Waals surface area contributed by atoms with Crippen molar-refractivity contribution in [3.63, 3.8) is 0 Å². The average Bonchev–Trinajstić information content (AvgIpc) is 3.20. The lowest BCUT2D eigenvalue weighted by Crippen LogP contribution is -2.45. The summed E-state index contributed by atoms with van der Waals surface area (Å²) in [6.07, 6.45) is 2.08. The number of ether oxygens (including phenoxy) is 1. The van der Waals surface area contributed by atoms with E-state index in [9.17, 15) is 13.2 Å². The average molecular weight is 313 g/mol. The first-order chi connectivity index (χ1) is 9.71. The minimum Gasteiger partial charge on any atom is -0.482 e. The molecule has 0 amide bonds. The van der Waals surface area contributed by atoms with E-state index >= 15 is 0 Å². The number of benzene rings is 1. The monoisotopic (exact) mass is 313 g/mol. The quantitative estimate of drug-likeness (QED) is 0.798. The predicted octanol–water partition coefficient (Wildman–Crippen LogP) is 1.62. The molecule has 1 fully saturated rings. The van der Waals surface area contributed by atoms with Gasteiger partial charge in [0.05, 0.1) is 4.90 Å². The van der Waals surface area contributed by atoms with Gasteiger partial charge in [-0.3, -0.25) is 0 Å². The van der Waals surface area contributed by atoms with E-state index in [2.05, 4.69) is 4.72 Å². The van der Waals surface area contributed by atoms with Gasteiger partial charge in [0.15, 0.2) is 6.61 Å². The molecule has 0 spiro atoms. The number of rotatable bonds is 7. The van der Waals surface area contributed by atoms with Crippen molar-refractivity contribution in [2.45, 2.75) is 37.1 Å². The third kappa shape index (κ3) is 4.18. The number of carboxylic acids is 1. The maximum Gasteiger partial charge on any atom is 0.341 e. The molecule has 1 aliphatic rings. The van der Waals surface area contributed by atoms with Crippen molar-refractivity contribution in [3.8, 4) is 5.75 Å². The molecule has 0 aromatic heterocycles. The summed E-state index contributed by atoms with van der Waals surface area (Å²) in [5, 5.41) is 8.51. The van der Waals surface area contributed by atoms with Gasteiger partial charge in [-0.15, -0.1) is 0 Å². The second-order valence-electron chi connectivity index (χ2n) is 5.76. The van der Waals surface area contributed by atoms with Crippen molar-refractivity contribution in [2.75, 3.05) is 6.61 Å². The molecule has 7 heteroatoms. The molecule has 0 bridgehead atoms. The van der Waals surface area contributed by atoms with Gasteiger partial charge < -0.3 is 9.84 Å². The zero-order valence-corrected chi connectivity index (χ0v) is 12.8. The second kappa shape index (κ2) is 5.65. The van der Waals surface area contributed by atoms with E-state index < -0.39 is 28.1 Å². The van der Waals surface area contributed by atoms with Crippen LogP contribution in [0.5, 0.6) is 5.75 Å².